The van der Waals surface area contributed by atoms with Crippen molar-refractivity contribution in [3.05, 3.63) is 11.8 Å². The fourth-order valence-corrected chi connectivity index (χ4v) is 3.77. The highest BCUT2D eigenvalue weighted by molar-refractivity contribution is 7.87. The fourth-order valence-electron chi connectivity index (χ4n) is 3.24. The van der Waals surface area contributed by atoms with Crippen LogP contribution in [-0.2, 0) is 14.3 Å². The molecule has 0 aromatic heterocycles. The lowest BCUT2D eigenvalue weighted by Gasteiger charge is -2.39. The average molecular weight is 298 g/mol. The molecule has 2 aliphatic carbocycles. The number of allylic oxidation sites excluding steroid dienone is 2. The first-order valence-electron chi connectivity index (χ1n) is 6.29. The Labute approximate surface area is 110 Å². The molecule has 0 heterocycles. The van der Waals surface area contributed by atoms with E-state index in [0.717, 1.165) is 12.8 Å². The molecule has 1 saturated carbocycles. The van der Waals surface area contributed by atoms with Crippen LogP contribution in [0.3, 0.4) is 0 Å². The summed E-state index contributed by atoms with van der Waals surface area (Å²) in [4.78, 5) is 0. The van der Waals surface area contributed by atoms with Crippen molar-refractivity contribution >= 4 is 10.1 Å². The summed E-state index contributed by atoms with van der Waals surface area (Å²) in [5.41, 5.74) is -5.53. The summed E-state index contributed by atoms with van der Waals surface area (Å²) in [6.45, 7) is 4.06. The van der Waals surface area contributed by atoms with Crippen molar-refractivity contribution in [3.63, 3.8) is 0 Å². The molecule has 110 valence electrons. The molecule has 19 heavy (non-hydrogen) atoms. The van der Waals surface area contributed by atoms with Gasteiger partial charge >= 0.3 is 15.6 Å². The lowest BCUT2D eigenvalue weighted by Crippen LogP contribution is -2.34. The van der Waals surface area contributed by atoms with Crippen molar-refractivity contribution < 1.29 is 25.8 Å². The van der Waals surface area contributed by atoms with Gasteiger partial charge in [0.1, 0.15) is 5.76 Å². The van der Waals surface area contributed by atoms with Gasteiger partial charge in [-0.2, -0.15) is 21.6 Å². The van der Waals surface area contributed by atoms with Crippen LogP contribution in [0.5, 0.6) is 0 Å². The van der Waals surface area contributed by atoms with Gasteiger partial charge in [0.2, 0.25) is 0 Å². The van der Waals surface area contributed by atoms with E-state index < -0.39 is 15.6 Å². The maximum Gasteiger partial charge on any atom is 0.534 e. The van der Waals surface area contributed by atoms with Gasteiger partial charge in [0, 0.05) is 5.92 Å². The zero-order chi connectivity index (χ0) is 14.5. The summed E-state index contributed by atoms with van der Waals surface area (Å²) in [5, 5.41) is 0. The Kier molecular flexibility index (Phi) is 3.40. The Morgan fingerprint density at radius 2 is 2.00 bits per heavy atom. The van der Waals surface area contributed by atoms with Crippen LogP contribution < -0.4 is 0 Å². The number of fused-ring (bicyclic) bond motifs is 1. The molecule has 0 bridgehead atoms. The monoisotopic (exact) mass is 298 g/mol. The van der Waals surface area contributed by atoms with Gasteiger partial charge in [-0.3, -0.25) is 0 Å². The van der Waals surface area contributed by atoms with Crippen molar-refractivity contribution in [2.45, 2.75) is 45.0 Å². The van der Waals surface area contributed by atoms with Gasteiger partial charge in [0.15, 0.2) is 0 Å². The van der Waals surface area contributed by atoms with Crippen molar-refractivity contribution in [2.75, 3.05) is 0 Å². The van der Waals surface area contributed by atoms with E-state index in [2.05, 4.69) is 11.1 Å². The molecule has 0 N–H and O–H groups in total. The minimum absolute atomic E-state index is 0.0181. The van der Waals surface area contributed by atoms with Crippen LogP contribution in [-0.4, -0.2) is 13.9 Å². The molecule has 1 unspecified atom stereocenters. The SMILES string of the molecule is C[C@H]1CCC2C(OS(=O)(=O)C(F)(F)F)=CCC[C@@]21C. The molecule has 0 radical (unpaired) electrons. The Morgan fingerprint density at radius 1 is 1.37 bits per heavy atom. The number of alkyl halides is 3. The van der Waals surface area contributed by atoms with Crippen LogP contribution in [0.4, 0.5) is 13.2 Å². The van der Waals surface area contributed by atoms with Gasteiger partial charge in [0.25, 0.3) is 0 Å². The number of hydrogen-bond donors (Lipinski definition) is 0. The normalized spacial score (nSPS) is 35.7. The highest BCUT2D eigenvalue weighted by Crippen LogP contribution is 2.56. The first-order valence-corrected chi connectivity index (χ1v) is 7.69. The molecular weight excluding hydrogens is 281 g/mol. The molecule has 0 aromatic rings. The van der Waals surface area contributed by atoms with Gasteiger partial charge in [-0.1, -0.05) is 13.8 Å². The minimum atomic E-state index is -5.55. The van der Waals surface area contributed by atoms with Crippen molar-refractivity contribution in [1.82, 2.24) is 0 Å². The summed E-state index contributed by atoms with van der Waals surface area (Å²) >= 11 is 0. The third-order valence-corrected chi connectivity index (χ3v) is 5.65. The smallest absolute Gasteiger partial charge is 0.381 e. The largest absolute Gasteiger partial charge is 0.534 e. The van der Waals surface area contributed by atoms with Gasteiger partial charge in [-0.05, 0) is 43.1 Å². The van der Waals surface area contributed by atoms with Gasteiger partial charge in [-0.15, -0.1) is 0 Å². The molecule has 2 rings (SSSR count). The quantitative estimate of drug-likeness (QED) is 0.578. The molecule has 0 saturated heterocycles. The van der Waals surface area contributed by atoms with E-state index in [-0.39, 0.29) is 17.1 Å². The van der Waals surface area contributed by atoms with Crippen molar-refractivity contribution in [2.24, 2.45) is 17.3 Å². The molecule has 7 heteroatoms. The molecule has 0 amide bonds. The highest BCUT2D eigenvalue weighted by atomic mass is 32.2. The van der Waals surface area contributed by atoms with Crippen LogP contribution >= 0.6 is 0 Å². The average Bonchev–Trinajstić information content (AvgIpc) is 2.54. The van der Waals surface area contributed by atoms with E-state index in [4.69, 9.17) is 0 Å². The molecule has 3 atom stereocenters. The predicted octanol–water partition coefficient (Wildman–Crippen LogP) is 3.58. The summed E-state index contributed by atoms with van der Waals surface area (Å²) in [6.07, 6.45) is 4.47. The predicted molar refractivity (Wildman–Crippen MR) is 63.4 cm³/mol. The second kappa shape index (κ2) is 4.40. The summed E-state index contributed by atoms with van der Waals surface area (Å²) < 4.78 is 63.7. The molecule has 3 nitrogen and oxygen atoms in total. The third-order valence-electron chi connectivity index (χ3n) is 4.67. The molecule has 1 fully saturated rings. The Hall–Kier alpha value is -0.720. The Bertz CT molecular complexity index is 495. The summed E-state index contributed by atoms with van der Waals surface area (Å²) in [5.74, 6) is 0.113. The Morgan fingerprint density at radius 3 is 2.58 bits per heavy atom. The molecular formula is C12H17F3O3S. The first-order chi connectivity index (χ1) is 8.58. The van der Waals surface area contributed by atoms with Crippen molar-refractivity contribution in [1.29, 1.82) is 0 Å². The van der Waals surface area contributed by atoms with Crippen LogP contribution in [0.2, 0.25) is 0 Å². The topological polar surface area (TPSA) is 43.4 Å². The lowest BCUT2D eigenvalue weighted by molar-refractivity contribution is -0.0535. The molecule has 2 aliphatic rings. The van der Waals surface area contributed by atoms with Crippen LogP contribution in [0.25, 0.3) is 0 Å². The standard InChI is InChI=1S/C12H17F3O3S/c1-8-5-6-9-10(4-3-7-11(8,9)2)18-19(16,17)12(13,14)15/h4,8-9H,3,5-7H2,1-2H3/t8-,9?,11+/m0/s1. The number of rotatable bonds is 2. The summed E-state index contributed by atoms with van der Waals surface area (Å²) in [7, 11) is -5.55. The van der Waals surface area contributed by atoms with E-state index in [0.29, 0.717) is 18.8 Å². The van der Waals surface area contributed by atoms with E-state index in [1.54, 1.807) is 0 Å². The molecule has 0 aliphatic heterocycles. The zero-order valence-corrected chi connectivity index (χ0v) is 11.6. The lowest BCUT2D eigenvalue weighted by atomic mass is 9.68. The van der Waals surface area contributed by atoms with Gasteiger partial charge in [-0.25, -0.2) is 0 Å². The Balaban J connectivity index is 2.26. The van der Waals surface area contributed by atoms with E-state index in [1.165, 1.54) is 6.08 Å². The van der Waals surface area contributed by atoms with Gasteiger partial charge < -0.3 is 4.18 Å². The minimum Gasteiger partial charge on any atom is -0.381 e. The van der Waals surface area contributed by atoms with Crippen LogP contribution in [0.1, 0.15) is 39.5 Å². The zero-order valence-electron chi connectivity index (χ0n) is 10.8. The highest BCUT2D eigenvalue weighted by Gasteiger charge is 2.53. The van der Waals surface area contributed by atoms with Crippen LogP contribution in [0, 0.1) is 17.3 Å². The number of halogens is 3. The molecule has 0 spiro atoms. The van der Waals surface area contributed by atoms with Gasteiger partial charge in [0.05, 0.1) is 0 Å². The summed E-state index contributed by atoms with van der Waals surface area (Å²) in [6, 6.07) is 0. The van der Waals surface area contributed by atoms with E-state index in [9.17, 15) is 21.6 Å². The second-order valence-electron chi connectivity index (χ2n) is 5.67. The van der Waals surface area contributed by atoms with E-state index in [1.807, 2.05) is 6.92 Å². The maximum atomic E-state index is 12.4. The van der Waals surface area contributed by atoms with E-state index >= 15 is 0 Å². The molecule has 0 aromatic carbocycles. The fraction of sp³-hybridized carbons (Fsp3) is 0.833. The van der Waals surface area contributed by atoms with Crippen molar-refractivity contribution in [3.8, 4) is 0 Å². The third kappa shape index (κ3) is 2.37. The van der Waals surface area contributed by atoms with Crippen LogP contribution in [0.15, 0.2) is 11.8 Å². The first kappa shape index (κ1) is 14.7. The number of hydrogen-bond acceptors (Lipinski definition) is 3. The second-order valence-corrected chi connectivity index (χ2v) is 7.20. The maximum absolute atomic E-state index is 12.4.